The second-order valence-electron chi connectivity index (χ2n) is 2.43. The molecule has 0 rings (SSSR count). The van der Waals surface area contributed by atoms with E-state index >= 15 is 0 Å². The summed E-state index contributed by atoms with van der Waals surface area (Å²) in [6.45, 7) is 0.690. The SMILES string of the molecule is CN(C)CCC(O)CO. The summed E-state index contributed by atoms with van der Waals surface area (Å²) in [5, 5.41) is 17.2. The smallest absolute Gasteiger partial charge is 0.0783 e. The summed E-state index contributed by atoms with van der Waals surface area (Å²) in [5.41, 5.74) is 0. The van der Waals surface area contributed by atoms with Crippen molar-refractivity contribution in [1.82, 2.24) is 4.90 Å². The third kappa shape index (κ3) is 5.76. The summed E-state index contributed by atoms with van der Waals surface area (Å²) in [5.74, 6) is 0. The van der Waals surface area contributed by atoms with Gasteiger partial charge in [0.25, 0.3) is 0 Å². The molecule has 0 aromatic carbocycles. The molecule has 1 unspecified atom stereocenters. The van der Waals surface area contributed by atoms with Gasteiger partial charge in [0, 0.05) is 6.54 Å². The minimum atomic E-state index is -0.549. The molecule has 0 aromatic heterocycles. The number of hydrogen-bond donors (Lipinski definition) is 2. The summed E-state index contributed by atoms with van der Waals surface area (Å²) in [6, 6.07) is 0. The van der Waals surface area contributed by atoms with Crippen molar-refractivity contribution in [2.24, 2.45) is 0 Å². The first-order chi connectivity index (χ1) is 4.16. The lowest BCUT2D eigenvalue weighted by Crippen LogP contribution is -2.21. The Hall–Kier alpha value is -0.120. The summed E-state index contributed by atoms with van der Waals surface area (Å²) < 4.78 is 0. The van der Waals surface area contributed by atoms with E-state index in [1.165, 1.54) is 0 Å². The van der Waals surface area contributed by atoms with Gasteiger partial charge < -0.3 is 15.1 Å². The second-order valence-corrected chi connectivity index (χ2v) is 2.43. The molecule has 0 bridgehead atoms. The minimum absolute atomic E-state index is 0.131. The highest BCUT2D eigenvalue weighted by Gasteiger charge is 2.00. The largest absolute Gasteiger partial charge is 0.394 e. The summed E-state index contributed by atoms with van der Waals surface area (Å²) in [4.78, 5) is 1.97. The Morgan fingerprint density at radius 2 is 2.00 bits per heavy atom. The van der Waals surface area contributed by atoms with Crippen molar-refractivity contribution < 1.29 is 10.2 Å². The Bertz CT molecular complexity index is 66.1. The molecule has 0 fully saturated rings. The molecule has 0 heterocycles. The van der Waals surface area contributed by atoms with Gasteiger partial charge >= 0.3 is 0 Å². The van der Waals surface area contributed by atoms with E-state index in [1.807, 2.05) is 19.0 Å². The van der Waals surface area contributed by atoms with Crippen molar-refractivity contribution >= 4 is 0 Å². The van der Waals surface area contributed by atoms with Gasteiger partial charge in [-0.25, -0.2) is 0 Å². The average molecular weight is 133 g/mol. The van der Waals surface area contributed by atoms with E-state index in [4.69, 9.17) is 10.2 Å². The Kier molecular flexibility index (Phi) is 4.67. The van der Waals surface area contributed by atoms with Crippen LogP contribution in [0.15, 0.2) is 0 Å². The van der Waals surface area contributed by atoms with Crippen molar-refractivity contribution in [2.45, 2.75) is 12.5 Å². The number of aliphatic hydroxyl groups is 2. The fraction of sp³-hybridized carbons (Fsp3) is 1.00. The molecule has 2 N–H and O–H groups in total. The lowest BCUT2D eigenvalue weighted by atomic mass is 10.2. The first-order valence-electron chi connectivity index (χ1n) is 3.10. The molecule has 9 heavy (non-hydrogen) atoms. The zero-order valence-corrected chi connectivity index (χ0v) is 6.04. The molecular weight excluding hydrogens is 118 g/mol. The first-order valence-corrected chi connectivity index (χ1v) is 3.10. The summed E-state index contributed by atoms with van der Waals surface area (Å²) in [7, 11) is 3.87. The third-order valence-electron chi connectivity index (χ3n) is 1.12. The molecule has 3 heteroatoms. The molecule has 0 radical (unpaired) electrons. The van der Waals surface area contributed by atoms with Crippen molar-refractivity contribution in [3.05, 3.63) is 0 Å². The van der Waals surface area contributed by atoms with Gasteiger partial charge in [0.15, 0.2) is 0 Å². The molecule has 0 aliphatic rings. The highest BCUT2D eigenvalue weighted by molar-refractivity contribution is 4.54. The van der Waals surface area contributed by atoms with Gasteiger partial charge in [-0.05, 0) is 20.5 Å². The third-order valence-corrected chi connectivity index (χ3v) is 1.12. The van der Waals surface area contributed by atoms with E-state index in [0.29, 0.717) is 6.42 Å². The zero-order valence-electron chi connectivity index (χ0n) is 6.04. The Balaban J connectivity index is 3.06. The van der Waals surface area contributed by atoms with Crippen LogP contribution in [0.25, 0.3) is 0 Å². The first kappa shape index (κ1) is 8.88. The Labute approximate surface area is 55.9 Å². The van der Waals surface area contributed by atoms with E-state index in [9.17, 15) is 0 Å². The van der Waals surface area contributed by atoms with Crippen LogP contribution in [0.2, 0.25) is 0 Å². The monoisotopic (exact) mass is 133 g/mol. The van der Waals surface area contributed by atoms with Crippen LogP contribution in [-0.2, 0) is 0 Å². The van der Waals surface area contributed by atoms with E-state index in [2.05, 4.69) is 0 Å². The van der Waals surface area contributed by atoms with Crippen LogP contribution in [0.4, 0.5) is 0 Å². The Morgan fingerprint density at radius 1 is 1.44 bits per heavy atom. The number of rotatable bonds is 4. The molecule has 3 nitrogen and oxygen atoms in total. The van der Waals surface area contributed by atoms with Crippen LogP contribution in [0.1, 0.15) is 6.42 Å². The highest BCUT2D eigenvalue weighted by Crippen LogP contribution is 1.89. The fourth-order valence-electron chi connectivity index (χ4n) is 0.499. The van der Waals surface area contributed by atoms with Crippen molar-refractivity contribution in [3.63, 3.8) is 0 Å². The quantitative estimate of drug-likeness (QED) is 0.532. The van der Waals surface area contributed by atoms with Gasteiger partial charge in [0.2, 0.25) is 0 Å². The van der Waals surface area contributed by atoms with Crippen LogP contribution in [0.5, 0.6) is 0 Å². The van der Waals surface area contributed by atoms with Gasteiger partial charge in [-0.15, -0.1) is 0 Å². The molecule has 0 saturated carbocycles. The highest BCUT2D eigenvalue weighted by atomic mass is 16.3. The normalized spacial score (nSPS) is 14.3. The van der Waals surface area contributed by atoms with Crippen molar-refractivity contribution in [1.29, 1.82) is 0 Å². The molecule has 0 aromatic rings. The fourth-order valence-corrected chi connectivity index (χ4v) is 0.499. The van der Waals surface area contributed by atoms with Gasteiger partial charge in [-0.3, -0.25) is 0 Å². The van der Waals surface area contributed by atoms with E-state index in [-0.39, 0.29) is 6.61 Å². The van der Waals surface area contributed by atoms with E-state index in [0.717, 1.165) is 6.54 Å². The zero-order chi connectivity index (χ0) is 7.28. The van der Waals surface area contributed by atoms with Gasteiger partial charge in [-0.1, -0.05) is 0 Å². The molecule has 0 aliphatic carbocycles. The second kappa shape index (κ2) is 4.73. The molecular formula is C6H15NO2. The minimum Gasteiger partial charge on any atom is -0.394 e. The van der Waals surface area contributed by atoms with Crippen LogP contribution < -0.4 is 0 Å². The predicted octanol–water partition coefficient (Wildman–Crippen LogP) is -0.709. The molecule has 1 atom stereocenters. The maximum absolute atomic E-state index is 8.83. The van der Waals surface area contributed by atoms with Crippen molar-refractivity contribution in [2.75, 3.05) is 27.2 Å². The van der Waals surface area contributed by atoms with Crippen LogP contribution in [0.3, 0.4) is 0 Å². The van der Waals surface area contributed by atoms with Gasteiger partial charge in [0.1, 0.15) is 0 Å². The lowest BCUT2D eigenvalue weighted by molar-refractivity contribution is 0.0820. The summed E-state index contributed by atoms with van der Waals surface area (Å²) >= 11 is 0. The van der Waals surface area contributed by atoms with E-state index < -0.39 is 6.10 Å². The molecule has 0 spiro atoms. The maximum atomic E-state index is 8.83. The van der Waals surface area contributed by atoms with E-state index in [1.54, 1.807) is 0 Å². The average Bonchev–Trinajstić information content (AvgIpc) is 1.83. The van der Waals surface area contributed by atoms with Crippen LogP contribution in [-0.4, -0.2) is 48.5 Å². The summed E-state index contributed by atoms with van der Waals surface area (Å²) in [6.07, 6.45) is 0.0937. The number of aliphatic hydroxyl groups excluding tert-OH is 2. The standard InChI is InChI=1S/C6H15NO2/c1-7(2)4-3-6(9)5-8/h6,8-9H,3-5H2,1-2H3. The van der Waals surface area contributed by atoms with Crippen LogP contribution in [0, 0.1) is 0 Å². The molecule has 56 valence electrons. The number of hydrogen-bond acceptors (Lipinski definition) is 3. The van der Waals surface area contributed by atoms with Crippen LogP contribution >= 0.6 is 0 Å². The van der Waals surface area contributed by atoms with Crippen molar-refractivity contribution in [3.8, 4) is 0 Å². The molecule has 0 saturated heterocycles. The Morgan fingerprint density at radius 3 is 2.33 bits per heavy atom. The topological polar surface area (TPSA) is 43.7 Å². The van der Waals surface area contributed by atoms with Gasteiger partial charge in [0.05, 0.1) is 12.7 Å². The molecule has 0 amide bonds. The van der Waals surface area contributed by atoms with Gasteiger partial charge in [-0.2, -0.15) is 0 Å². The predicted molar refractivity (Wildman–Crippen MR) is 36.3 cm³/mol. The lowest BCUT2D eigenvalue weighted by Gasteiger charge is -2.11. The number of nitrogens with zero attached hydrogens (tertiary/aromatic N) is 1. The maximum Gasteiger partial charge on any atom is 0.0783 e. The molecule has 0 aliphatic heterocycles.